The van der Waals surface area contributed by atoms with Crippen LogP contribution in [0.15, 0.2) is 24.3 Å². The van der Waals surface area contributed by atoms with Crippen LogP contribution in [0.2, 0.25) is 0 Å². The molecule has 1 heterocycles. The van der Waals surface area contributed by atoms with Gasteiger partial charge in [-0.25, -0.2) is 0 Å². The third-order valence-corrected chi connectivity index (χ3v) is 3.67. The Labute approximate surface area is 126 Å². The van der Waals surface area contributed by atoms with Crippen molar-refractivity contribution in [1.82, 2.24) is 4.90 Å². The first-order valence-corrected chi connectivity index (χ1v) is 7.30. The molecule has 4 heteroatoms. The highest BCUT2D eigenvalue weighted by molar-refractivity contribution is 5.92. The van der Waals surface area contributed by atoms with Crippen LogP contribution < -0.4 is 0 Å². The van der Waals surface area contributed by atoms with E-state index in [-0.39, 0.29) is 24.7 Å². The van der Waals surface area contributed by atoms with Gasteiger partial charge < -0.3 is 14.7 Å². The van der Waals surface area contributed by atoms with E-state index < -0.39 is 0 Å². The third kappa shape index (κ3) is 4.16. The van der Waals surface area contributed by atoms with Gasteiger partial charge in [-0.3, -0.25) is 4.79 Å². The standard InChI is InChI=1S/C17H23NO3/c1-12-4-5-15(13(2)8-12)6-7-17(20)18-9-14(3)21-16(10-18)11-19/h4-8,14,16,19H,9-11H2,1-3H3/b7-6+. The van der Waals surface area contributed by atoms with Gasteiger partial charge in [0.25, 0.3) is 0 Å². The first kappa shape index (κ1) is 15.7. The van der Waals surface area contributed by atoms with E-state index >= 15 is 0 Å². The minimum atomic E-state index is -0.285. The molecule has 1 amide bonds. The number of aliphatic hydroxyl groups is 1. The number of hydrogen-bond donors (Lipinski definition) is 1. The molecule has 2 atom stereocenters. The van der Waals surface area contributed by atoms with Crippen molar-refractivity contribution in [2.45, 2.75) is 33.0 Å². The predicted octanol–water partition coefficient (Wildman–Crippen LogP) is 1.92. The fraction of sp³-hybridized carbons (Fsp3) is 0.471. The van der Waals surface area contributed by atoms with E-state index in [2.05, 4.69) is 13.0 Å². The molecule has 1 aliphatic heterocycles. The number of rotatable bonds is 3. The molecule has 0 radical (unpaired) electrons. The van der Waals surface area contributed by atoms with Crippen molar-refractivity contribution in [3.8, 4) is 0 Å². The molecule has 1 aromatic rings. The summed E-state index contributed by atoms with van der Waals surface area (Å²) in [6.07, 6.45) is 3.12. The highest BCUT2D eigenvalue weighted by Gasteiger charge is 2.26. The minimum absolute atomic E-state index is 0.0384. The second kappa shape index (κ2) is 6.87. The van der Waals surface area contributed by atoms with E-state index in [0.29, 0.717) is 13.1 Å². The Morgan fingerprint density at radius 2 is 2.19 bits per heavy atom. The molecule has 1 fully saturated rings. The molecule has 1 saturated heterocycles. The van der Waals surface area contributed by atoms with Crippen LogP contribution in [0.4, 0.5) is 0 Å². The van der Waals surface area contributed by atoms with Gasteiger partial charge in [-0.15, -0.1) is 0 Å². The number of benzene rings is 1. The number of aliphatic hydroxyl groups excluding tert-OH is 1. The van der Waals surface area contributed by atoms with Crippen LogP contribution >= 0.6 is 0 Å². The van der Waals surface area contributed by atoms with Gasteiger partial charge in [0.1, 0.15) is 0 Å². The first-order chi connectivity index (χ1) is 9.99. The van der Waals surface area contributed by atoms with Crippen LogP contribution in [0.1, 0.15) is 23.6 Å². The quantitative estimate of drug-likeness (QED) is 0.865. The second-order valence-electron chi connectivity index (χ2n) is 5.69. The van der Waals surface area contributed by atoms with Crippen LogP contribution in [0.25, 0.3) is 6.08 Å². The van der Waals surface area contributed by atoms with Gasteiger partial charge in [0.2, 0.25) is 5.91 Å². The summed E-state index contributed by atoms with van der Waals surface area (Å²) in [6, 6.07) is 6.16. The van der Waals surface area contributed by atoms with Crippen LogP contribution in [-0.4, -0.2) is 47.8 Å². The molecule has 1 N–H and O–H groups in total. The van der Waals surface area contributed by atoms with Gasteiger partial charge in [0, 0.05) is 19.2 Å². The Hall–Kier alpha value is -1.65. The molecular weight excluding hydrogens is 266 g/mol. The summed E-state index contributed by atoms with van der Waals surface area (Å²) < 4.78 is 5.54. The number of carbonyl (C=O) groups is 1. The minimum Gasteiger partial charge on any atom is -0.394 e. The number of carbonyl (C=O) groups excluding carboxylic acids is 1. The molecule has 21 heavy (non-hydrogen) atoms. The van der Waals surface area contributed by atoms with Crippen LogP contribution in [0, 0.1) is 13.8 Å². The number of amides is 1. The molecule has 1 aliphatic rings. The number of hydrogen-bond acceptors (Lipinski definition) is 3. The lowest BCUT2D eigenvalue weighted by atomic mass is 10.1. The maximum atomic E-state index is 12.3. The van der Waals surface area contributed by atoms with Crippen molar-refractivity contribution in [1.29, 1.82) is 0 Å². The van der Waals surface area contributed by atoms with Gasteiger partial charge in [-0.05, 0) is 38.0 Å². The normalized spacial score (nSPS) is 22.8. The Kier molecular flexibility index (Phi) is 5.15. The summed E-state index contributed by atoms with van der Waals surface area (Å²) in [6.45, 7) is 6.94. The van der Waals surface area contributed by atoms with Crippen molar-refractivity contribution < 1.29 is 14.6 Å². The summed E-state index contributed by atoms with van der Waals surface area (Å²) >= 11 is 0. The van der Waals surface area contributed by atoms with Crippen LogP contribution in [-0.2, 0) is 9.53 Å². The largest absolute Gasteiger partial charge is 0.394 e. The number of aryl methyl sites for hydroxylation is 2. The molecule has 4 nitrogen and oxygen atoms in total. The van der Waals surface area contributed by atoms with E-state index in [1.807, 2.05) is 32.1 Å². The Balaban J connectivity index is 2.04. The molecule has 2 unspecified atom stereocenters. The van der Waals surface area contributed by atoms with Crippen molar-refractivity contribution >= 4 is 12.0 Å². The lowest BCUT2D eigenvalue weighted by Gasteiger charge is -2.35. The monoisotopic (exact) mass is 289 g/mol. The zero-order valence-electron chi connectivity index (χ0n) is 12.9. The molecule has 0 aromatic heterocycles. The molecule has 0 saturated carbocycles. The van der Waals surface area contributed by atoms with E-state index in [1.54, 1.807) is 11.0 Å². The average Bonchev–Trinajstić information content (AvgIpc) is 2.45. The van der Waals surface area contributed by atoms with E-state index in [0.717, 1.165) is 11.1 Å². The Morgan fingerprint density at radius 1 is 1.43 bits per heavy atom. The maximum Gasteiger partial charge on any atom is 0.246 e. The van der Waals surface area contributed by atoms with Crippen molar-refractivity contribution in [3.05, 3.63) is 41.0 Å². The van der Waals surface area contributed by atoms with Crippen molar-refractivity contribution in [2.75, 3.05) is 19.7 Å². The Bertz CT molecular complexity index is 539. The molecule has 0 spiro atoms. The van der Waals surface area contributed by atoms with Gasteiger partial charge in [-0.1, -0.05) is 23.8 Å². The summed E-state index contributed by atoms with van der Waals surface area (Å²) in [5, 5.41) is 9.20. The van der Waals surface area contributed by atoms with E-state index in [9.17, 15) is 9.90 Å². The van der Waals surface area contributed by atoms with Gasteiger partial charge >= 0.3 is 0 Å². The number of morpholine rings is 1. The third-order valence-electron chi connectivity index (χ3n) is 3.67. The van der Waals surface area contributed by atoms with Crippen LogP contribution in [0.3, 0.4) is 0 Å². The van der Waals surface area contributed by atoms with Crippen molar-refractivity contribution in [3.63, 3.8) is 0 Å². The van der Waals surface area contributed by atoms with Gasteiger partial charge in [-0.2, -0.15) is 0 Å². The summed E-state index contributed by atoms with van der Waals surface area (Å²) in [5.74, 6) is -0.0384. The molecule has 0 aliphatic carbocycles. The Morgan fingerprint density at radius 3 is 2.86 bits per heavy atom. The lowest BCUT2D eigenvalue weighted by molar-refractivity contribution is -0.142. The summed E-state index contributed by atoms with van der Waals surface area (Å²) in [7, 11) is 0. The molecule has 0 bridgehead atoms. The zero-order valence-corrected chi connectivity index (χ0v) is 12.9. The molecule has 2 rings (SSSR count). The fourth-order valence-electron chi connectivity index (χ4n) is 2.61. The molecule has 1 aromatic carbocycles. The van der Waals surface area contributed by atoms with Crippen LogP contribution in [0.5, 0.6) is 0 Å². The van der Waals surface area contributed by atoms with Crippen molar-refractivity contribution in [2.24, 2.45) is 0 Å². The maximum absolute atomic E-state index is 12.3. The smallest absolute Gasteiger partial charge is 0.246 e. The zero-order chi connectivity index (χ0) is 15.4. The second-order valence-corrected chi connectivity index (χ2v) is 5.69. The highest BCUT2D eigenvalue weighted by Crippen LogP contribution is 2.14. The average molecular weight is 289 g/mol. The predicted molar refractivity (Wildman–Crippen MR) is 83.0 cm³/mol. The van der Waals surface area contributed by atoms with Gasteiger partial charge in [0.05, 0.1) is 18.8 Å². The van der Waals surface area contributed by atoms with Gasteiger partial charge in [0.15, 0.2) is 0 Å². The fourth-order valence-corrected chi connectivity index (χ4v) is 2.61. The highest BCUT2D eigenvalue weighted by atomic mass is 16.5. The van der Waals surface area contributed by atoms with E-state index in [1.165, 1.54) is 5.56 Å². The topological polar surface area (TPSA) is 49.8 Å². The first-order valence-electron chi connectivity index (χ1n) is 7.30. The molecule has 114 valence electrons. The number of nitrogens with zero attached hydrogens (tertiary/aromatic N) is 1. The number of ether oxygens (including phenoxy) is 1. The summed E-state index contributed by atoms with van der Waals surface area (Å²) in [4.78, 5) is 14.0. The summed E-state index contributed by atoms with van der Waals surface area (Å²) in [5.41, 5.74) is 3.42. The lowest BCUT2D eigenvalue weighted by Crippen LogP contribution is -2.49. The van der Waals surface area contributed by atoms with E-state index in [4.69, 9.17) is 4.74 Å². The molecular formula is C17H23NO3. The SMILES string of the molecule is Cc1ccc(/C=C/C(=O)N2CC(C)OC(CO)C2)c(C)c1.